The predicted molar refractivity (Wildman–Crippen MR) is 113 cm³/mol. The van der Waals surface area contributed by atoms with E-state index in [2.05, 4.69) is 14.8 Å². The lowest BCUT2D eigenvalue weighted by molar-refractivity contribution is -0.137. The Hall–Kier alpha value is -2.51. The van der Waals surface area contributed by atoms with Crippen molar-refractivity contribution in [1.82, 2.24) is 9.88 Å². The molecule has 1 saturated heterocycles. The van der Waals surface area contributed by atoms with Gasteiger partial charge in [0.25, 0.3) is 0 Å². The molecule has 2 heterocycles. The summed E-state index contributed by atoms with van der Waals surface area (Å²) in [5, 5.41) is 0.788. The summed E-state index contributed by atoms with van der Waals surface area (Å²) in [6.07, 6.45) is -4.31. The van der Waals surface area contributed by atoms with Gasteiger partial charge in [-0.3, -0.25) is 9.69 Å². The molecule has 4 rings (SSSR count). The van der Waals surface area contributed by atoms with E-state index in [0.717, 1.165) is 61.6 Å². The second-order valence-electron chi connectivity index (χ2n) is 7.58. The van der Waals surface area contributed by atoms with E-state index >= 15 is 0 Å². The Labute approximate surface area is 176 Å². The third kappa shape index (κ3) is 4.18. The molecule has 4 nitrogen and oxygen atoms in total. The van der Waals surface area contributed by atoms with Crippen LogP contribution in [0.2, 0.25) is 5.02 Å². The van der Waals surface area contributed by atoms with Crippen LogP contribution in [0.5, 0.6) is 0 Å². The number of fused-ring (bicyclic) bond motifs is 1. The molecule has 0 radical (unpaired) electrons. The number of H-pyrrole nitrogens is 1. The monoisotopic (exact) mass is 435 g/mol. The highest BCUT2D eigenvalue weighted by atomic mass is 35.5. The molecule has 158 valence electrons. The number of rotatable bonds is 3. The lowest BCUT2D eigenvalue weighted by Crippen LogP contribution is -2.45. The summed E-state index contributed by atoms with van der Waals surface area (Å²) >= 11 is 6.03. The highest BCUT2D eigenvalue weighted by molar-refractivity contribution is 6.31. The van der Waals surface area contributed by atoms with E-state index in [-0.39, 0.29) is 10.5 Å². The van der Waals surface area contributed by atoms with Crippen LogP contribution in [0, 0.1) is 6.92 Å². The van der Waals surface area contributed by atoms with Crippen LogP contribution in [0.1, 0.15) is 16.8 Å². The largest absolute Gasteiger partial charge is 0.416 e. The molecule has 3 aromatic rings. The van der Waals surface area contributed by atoms with Crippen molar-refractivity contribution >= 4 is 28.2 Å². The number of alkyl halides is 3. The Balaban J connectivity index is 1.41. The van der Waals surface area contributed by atoms with E-state index in [0.29, 0.717) is 11.1 Å². The normalized spacial score (nSPS) is 15.7. The molecule has 1 aromatic heterocycles. The lowest BCUT2D eigenvalue weighted by atomic mass is 10.1. The molecule has 1 N–H and O–H groups in total. The topological polar surface area (TPSA) is 39.3 Å². The summed E-state index contributed by atoms with van der Waals surface area (Å²) in [5.41, 5.74) is 2.51. The van der Waals surface area contributed by atoms with Gasteiger partial charge in [0.15, 0.2) is 0 Å². The first kappa shape index (κ1) is 20.8. The molecule has 2 aromatic carbocycles. The molecular formula is C22H21ClF3N3O. The van der Waals surface area contributed by atoms with Gasteiger partial charge in [0.05, 0.1) is 5.56 Å². The van der Waals surface area contributed by atoms with Crippen LogP contribution < -0.4 is 10.3 Å². The molecule has 0 aliphatic carbocycles. The molecular weight excluding hydrogens is 415 g/mol. The van der Waals surface area contributed by atoms with Gasteiger partial charge in [-0.2, -0.15) is 13.2 Å². The van der Waals surface area contributed by atoms with Crippen molar-refractivity contribution in [2.45, 2.75) is 19.6 Å². The molecule has 0 saturated carbocycles. The molecule has 0 atom stereocenters. The van der Waals surface area contributed by atoms with Crippen LogP contribution in [0.15, 0.2) is 47.3 Å². The van der Waals surface area contributed by atoms with Crippen LogP contribution in [-0.2, 0) is 12.7 Å². The van der Waals surface area contributed by atoms with Gasteiger partial charge in [-0.15, -0.1) is 0 Å². The van der Waals surface area contributed by atoms with Gasteiger partial charge in [-0.05, 0) is 48.9 Å². The Morgan fingerprint density at radius 3 is 2.33 bits per heavy atom. The molecule has 1 aliphatic rings. The Morgan fingerprint density at radius 2 is 1.70 bits per heavy atom. The fraction of sp³-hybridized carbons (Fsp3) is 0.318. The lowest BCUT2D eigenvalue weighted by Gasteiger charge is -2.36. The van der Waals surface area contributed by atoms with E-state index < -0.39 is 11.7 Å². The molecule has 0 amide bonds. The van der Waals surface area contributed by atoms with Gasteiger partial charge in [0.1, 0.15) is 5.02 Å². The molecule has 1 fully saturated rings. The fourth-order valence-electron chi connectivity index (χ4n) is 3.82. The minimum atomic E-state index is -4.31. The summed E-state index contributed by atoms with van der Waals surface area (Å²) in [5.74, 6) is 0. The second-order valence-corrected chi connectivity index (χ2v) is 7.96. The van der Waals surface area contributed by atoms with Crippen molar-refractivity contribution in [1.29, 1.82) is 0 Å². The van der Waals surface area contributed by atoms with Gasteiger partial charge in [0.2, 0.25) is 5.43 Å². The summed E-state index contributed by atoms with van der Waals surface area (Å²) in [6, 6.07) is 11.0. The first-order valence-corrected chi connectivity index (χ1v) is 10.1. The number of benzene rings is 2. The fourth-order valence-corrected chi connectivity index (χ4v) is 3.97. The zero-order chi connectivity index (χ0) is 21.5. The van der Waals surface area contributed by atoms with Crippen molar-refractivity contribution in [2.75, 3.05) is 31.1 Å². The summed E-state index contributed by atoms with van der Waals surface area (Å²) in [6.45, 7) is 5.59. The first-order valence-electron chi connectivity index (χ1n) is 9.68. The average Bonchev–Trinajstić information content (AvgIpc) is 2.72. The molecule has 8 heteroatoms. The van der Waals surface area contributed by atoms with Crippen molar-refractivity contribution < 1.29 is 13.2 Å². The van der Waals surface area contributed by atoms with Crippen molar-refractivity contribution in [3.63, 3.8) is 0 Å². The quantitative estimate of drug-likeness (QED) is 0.640. The highest BCUT2D eigenvalue weighted by Gasteiger charge is 2.30. The molecule has 0 unspecified atom stereocenters. The van der Waals surface area contributed by atoms with E-state index in [9.17, 15) is 18.0 Å². The first-order chi connectivity index (χ1) is 14.2. The third-order valence-electron chi connectivity index (χ3n) is 5.52. The SMILES string of the molecule is Cc1[nH]c2cc(CN3CCN(c4ccc(C(F)(F)F)cc4)CC3)ccc2c(=O)c1Cl. The zero-order valence-corrected chi connectivity index (χ0v) is 17.1. The van der Waals surface area contributed by atoms with Gasteiger partial charge in [-0.1, -0.05) is 17.7 Å². The maximum absolute atomic E-state index is 12.7. The predicted octanol–water partition coefficient (Wildman–Crippen LogP) is 4.83. The summed E-state index contributed by atoms with van der Waals surface area (Å²) in [4.78, 5) is 19.8. The van der Waals surface area contributed by atoms with E-state index in [4.69, 9.17) is 11.6 Å². The number of nitrogens with zero attached hydrogens (tertiary/aromatic N) is 2. The van der Waals surface area contributed by atoms with Crippen molar-refractivity contribution in [2.24, 2.45) is 0 Å². The Morgan fingerprint density at radius 1 is 1.03 bits per heavy atom. The minimum absolute atomic E-state index is 0.167. The number of nitrogens with one attached hydrogen (secondary N) is 1. The number of pyridine rings is 1. The smallest absolute Gasteiger partial charge is 0.369 e. The standard InChI is InChI=1S/C22H21ClF3N3O/c1-14-20(23)21(30)18-7-2-15(12-19(18)27-14)13-28-8-10-29(11-9-28)17-5-3-16(4-6-17)22(24,25)26/h2-7,12H,8-11,13H2,1H3,(H,27,30). The van der Waals surface area contributed by atoms with Gasteiger partial charge >= 0.3 is 6.18 Å². The number of hydrogen-bond donors (Lipinski definition) is 1. The van der Waals surface area contributed by atoms with Crippen LogP contribution in [-0.4, -0.2) is 36.1 Å². The Kier molecular flexibility index (Phi) is 5.51. The van der Waals surface area contributed by atoms with E-state index in [1.807, 2.05) is 12.1 Å². The number of anilines is 1. The van der Waals surface area contributed by atoms with Crippen LogP contribution >= 0.6 is 11.6 Å². The van der Waals surface area contributed by atoms with Gasteiger partial charge in [-0.25, -0.2) is 0 Å². The van der Waals surface area contributed by atoms with Gasteiger partial charge in [0, 0.05) is 55.0 Å². The number of halogens is 4. The van der Waals surface area contributed by atoms with Crippen LogP contribution in [0.25, 0.3) is 10.9 Å². The van der Waals surface area contributed by atoms with E-state index in [1.54, 1.807) is 13.0 Å². The number of aromatic amines is 1. The average molecular weight is 436 g/mol. The Bertz CT molecular complexity index is 1120. The maximum Gasteiger partial charge on any atom is 0.416 e. The maximum atomic E-state index is 12.7. The zero-order valence-electron chi connectivity index (χ0n) is 16.4. The highest BCUT2D eigenvalue weighted by Crippen LogP contribution is 2.30. The van der Waals surface area contributed by atoms with E-state index in [1.165, 1.54) is 12.1 Å². The van der Waals surface area contributed by atoms with Crippen molar-refractivity contribution in [3.8, 4) is 0 Å². The number of aromatic nitrogens is 1. The molecule has 1 aliphatic heterocycles. The van der Waals surface area contributed by atoms with Crippen LogP contribution in [0.4, 0.5) is 18.9 Å². The van der Waals surface area contributed by atoms with Gasteiger partial charge < -0.3 is 9.88 Å². The van der Waals surface area contributed by atoms with Crippen LogP contribution in [0.3, 0.4) is 0 Å². The molecule has 0 spiro atoms. The summed E-state index contributed by atoms with van der Waals surface area (Å²) < 4.78 is 38.2. The third-order valence-corrected chi connectivity index (χ3v) is 5.97. The summed E-state index contributed by atoms with van der Waals surface area (Å²) in [7, 11) is 0. The molecule has 30 heavy (non-hydrogen) atoms. The minimum Gasteiger partial charge on any atom is -0.369 e. The number of aryl methyl sites for hydroxylation is 1. The second kappa shape index (κ2) is 7.96. The molecule has 0 bridgehead atoms. The number of piperazine rings is 1. The number of hydrogen-bond acceptors (Lipinski definition) is 3. The van der Waals surface area contributed by atoms with Crippen molar-refractivity contribution in [3.05, 3.63) is 74.5 Å².